The van der Waals surface area contributed by atoms with Gasteiger partial charge in [-0.3, -0.25) is 4.79 Å². The van der Waals surface area contributed by atoms with Gasteiger partial charge in [-0.15, -0.1) is 0 Å². The van der Waals surface area contributed by atoms with Crippen LogP contribution < -0.4 is 0 Å². The highest BCUT2D eigenvalue weighted by molar-refractivity contribution is 7.98. The fourth-order valence-corrected chi connectivity index (χ4v) is 2.11. The number of carbonyl (C=O) groups excluding carboxylic acids is 1. The molecule has 5 nitrogen and oxygen atoms in total. The first-order valence-corrected chi connectivity index (χ1v) is 7.20. The van der Waals surface area contributed by atoms with E-state index in [1.165, 1.54) is 4.90 Å². The van der Waals surface area contributed by atoms with Gasteiger partial charge in [0.15, 0.2) is 0 Å². The minimum absolute atomic E-state index is 0.260. The van der Waals surface area contributed by atoms with Gasteiger partial charge in [0.25, 0.3) is 5.91 Å². The summed E-state index contributed by atoms with van der Waals surface area (Å²) < 4.78 is 5.05. The van der Waals surface area contributed by atoms with Crippen molar-refractivity contribution in [2.45, 2.75) is 32.9 Å². The van der Waals surface area contributed by atoms with Gasteiger partial charge in [0, 0.05) is 12.6 Å². The van der Waals surface area contributed by atoms with Crippen LogP contribution in [0, 0.1) is 13.8 Å². The third-order valence-corrected chi connectivity index (χ3v) is 3.48. The van der Waals surface area contributed by atoms with E-state index in [4.69, 9.17) is 4.52 Å². The lowest BCUT2D eigenvalue weighted by atomic mass is 10.2. The third kappa shape index (κ3) is 3.74. The SMILES string of the molecule is CSCCC(O)C(=O)N(C)Cc1c(C)noc1C. The molecule has 0 spiro atoms. The van der Waals surface area contributed by atoms with E-state index in [0.717, 1.165) is 17.0 Å². The summed E-state index contributed by atoms with van der Waals surface area (Å²) in [6, 6.07) is 0. The molecule has 18 heavy (non-hydrogen) atoms. The molecule has 1 aromatic rings. The van der Waals surface area contributed by atoms with Crippen molar-refractivity contribution in [3.05, 3.63) is 17.0 Å². The topological polar surface area (TPSA) is 66.6 Å². The maximum absolute atomic E-state index is 11.9. The van der Waals surface area contributed by atoms with Gasteiger partial charge in [0.05, 0.1) is 12.2 Å². The van der Waals surface area contributed by atoms with E-state index >= 15 is 0 Å². The average molecular weight is 272 g/mol. The van der Waals surface area contributed by atoms with Crippen LogP contribution in [0.15, 0.2) is 4.52 Å². The minimum Gasteiger partial charge on any atom is -0.383 e. The number of thioether (sulfide) groups is 1. The maximum Gasteiger partial charge on any atom is 0.251 e. The van der Waals surface area contributed by atoms with Crippen molar-refractivity contribution in [1.82, 2.24) is 10.1 Å². The number of aliphatic hydroxyl groups excluding tert-OH is 1. The van der Waals surface area contributed by atoms with Crippen LogP contribution in [0.3, 0.4) is 0 Å². The number of carbonyl (C=O) groups is 1. The molecular weight excluding hydrogens is 252 g/mol. The van der Waals surface area contributed by atoms with Gasteiger partial charge >= 0.3 is 0 Å². The Balaban J connectivity index is 2.60. The van der Waals surface area contributed by atoms with Crippen LogP contribution in [-0.2, 0) is 11.3 Å². The molecule has 0 bridgehead atoms. The number of nitrogens with zero attached hydrogens (tertiary/aromatic N) is 2. The van der Waals surface area contributed by atoms with E-state index in [2.05, 4.69) is 5.16 Å². The zero-order chi connectivity index (χ0) is 13.7. The van der Waals surface area contributed by atoms with E-state index in [1.54, 1.807) is 18.8 Å². The highest BCUT2D eigenvalue weighted by atomic mass is 32.2. The molecule has 0 fully saturated rings. The van der Waals surface area contributed by atoms with Crippen molar-refractivity contribution >= 4 is 17.7 Å². The Labute approximate surface area is 112 Å². The Hall–Kier alpha value is -1.01. The van der Waals surface area contributed by atoms with Crippen molar-refractivity contribution < 1.29 is 14.4 Å². The fraction of sp³-hybridized carbons (Fsp3) is 0.667. The van der Waals surface area contributed by atoms with Crippen LogP contribution in [0.2, 0.25) is 0 Å². The number of hydrogen-bond acceptors (Lipinski definition) is 5. The zero-order valence-corrected chi connectivity index (χ0v) is 12.1. The summed E-state index contributed by atoms with van der Waals surface area (Å²) in [6.45, 7) is 4.07. The molecule has 1 aromatic heterocycles. The lowest BCUT2D eigenvalue weighted by Crippen LogP contribution is -2.36. The first kappa shape index (κ1) is 15.0. The van der Waals surface area contributed by atoms with Crippen LogP contribution in [0.4, 0.5) is 0 Å². The third-order valence-electron chi connectivity index (χ3n) is 2.83. The molecule has 0 aliphatic rings. The number of hydrogen-bond donors (Lipinski definition) is 1. The molecule has 0 saturated carbocycles. The average Bonchev–Trinajstić information content (AvgIpc) is 2.66. The summed E-state index contributed by atoms with van der Waals surface area (Å²) in [4.78, 5) is 13.4. The Morgan fingerprint density at radius 1 is 1.56 bits per heavy atom. The molecule has 0 aliphatic heterocycles. The van der Waals surface area contributed by atoms with Gasteiger partial charge < -0.3 is 14.5 Å². The van der Waals surface area contributed by atoms with Crippen molar-refractivity contribution in [2.75, 3.05) is 19.1 Å². The van der Waals surface area contributed by atoms with Crippen molar-refractivity contribution in [3.63, 3.8) is 0 Å². The Morgan fingerprint density at radius 2 is 2.22 bits per heavy atom. The summed E-state index contributed by atoms with van der Waals surface area (Å²) in [5.41, 5.74) is 1.69. The van der Waals surface area contributed by atoms with Gasteiger partial charge in [-0.05, 0) is 32.3 Å². The molecule has 1 rings (SSSR count). The second-order valence-corrected chi connectivity index (χ2v) is 5.28. The molecule has 1 heterocycles. The molecule has 1 N–H and O–H groups in total. The second-order valence-electron chi connectivity index (χ2n) is 4.29. The highest BCUT2D eigenvalue weighted by Gasteiger charge is 2.21. The molecule has 6 heteroatoms. The van der Waals surface area contributed by atoms with Gasteiger partial charge in [-0.2, -0.15) is 11.8 Å². The predicted octanol–water partition coefficient (Wildman–Crippen LogP) is 1.36. The molecule has 1 unspecified atom stereocenters. The van der Waals surface area contributed by atoms with E-state index in [9.17, 15) is 9.90 Å². The Morgan fingerprint density at radius 3 is 2.72 bits per heavy atom. The molecular formula is C12H20N2O3S. The second kappa shape index (κ2) is 6.80. The summed E-state index contributed by atoms with van der Waals surface area (Å²) in [7, 11) is 1.68. The van der Waals surface area contributed by atoms with Crippen molar-refractivity contribution in [2.24, 2.45) is 0 Å². The van der Waals surface area contributed by atoms with Gasteiger partial charge in [0.2, 0.25) is 0 Å². The number of likely N-dealkylation sites (N-methyl/N-ethyl adjacent to an activating group) is 1. The normalized spacial score (nSPS) is 12.5. The summed E-state index contributed by atoms with van der Waals surface area (Å²) in [5, 5.41) is 13.6. The number of aliphatic hydroxyl groups is 1. The minimum atomic E-state index is -0.928. The summed E-state index contributed by atoms with van der Waals surface area (Å²) in [5.74, 6) is 1.22. The number of rotatable bonds is 6. The molecule has 1 amide bonds. The summed E-state index contributed by atoms with van der Waals surface area (Å²) in [6.07, 6.45) is 1.50. The van der Waals surface area contributed by atoms with Crippen LogP contribution in [-0.4, -0.2) is 46.2 Å². The largest absolute Gasteiger partial charge is 0.383 e. The molecule has 0 radical (unpaired) electrons. The van der Waals surface area contributed by atoms with Gasteiger partial charge in [0.1, 0.15) is 11.9 Å². The Kier molecular flexibility index (Phi) is 5.68. The van der Waals surface area contributed by atoms with Crippen LogP contribution in [0.1, 0.15) is 23.4 Å². The lowest BCUT2D eigenvalue weighted by Gasteiger charge is -2.20. The van der Waals surface area contributed by atoms with Gasteiger partial charge in [-0.25, -0.2) is 0 Å². The van der Waals surface area contributed by atoms with Gasteiger partial charge in [-0.1, -0.05) is 5.16 Å². The van der Waals surface area contributed by atoms with Crippen LogP contribution in [0.5, 0.6) is 0 Å². The quantitative estimate of drug-likeness (QED) is 0.847. The van der Waals surface area contributed by atoms with E-state index in [0.29, 0.717) is 18.7 Å². The molecule has 0 aromatic carbocycles. The van der Waals surface area contributed by atoms with E-state index < -0.39 is 6.10 Å². The van der Waals surface area contributed by atoms with Crippen LogP contribution >= 0.6 is 11.8 Å². The molecule has 0 aliphatic carbocycles. The van der Waals surface area contributed by atoms with Crippen LogP contribution in [0.25, 0.3) is 0 Å². The first-order chi connectivity index (χ1) is 8.47. The Bertz CT molecular complexity index is 387. The zero-order valence-electron chi connectivity index (χ0n) is 11.3. The first-order valence-electron chi connectivity index (χ1n) is 5.81. The number of aromatic nitrogens is 1. The smallest absolute Gasteiger partial charge is 0.251 e. The van der Waals surface area contributed by atoms with Crippen molar-refractivity contribution in [3.8, 4) is 0 Å². The molecule has 1 atom stereocenters. The fourth-order valence-electron chi connectivity index (χ4n) is 1.65. The molecule has 102 valence electrons. The number of amides is 1. The van der Waals surface area contributed by atoms with Crippen molar-refractivity contribution in [1.29, 1.82) is 0 Å². The summed E-state index contributed by atoms with van der Waals surface area (Å²) >= 11 is 1.61. The van der Waals surface area contributed by atoms with E-state index in [1.807, 2.05) is 20.1 Å². The maximum atomic E-state index is 11.9. The monoisotopic (exact) mass is 272 g/mol. The molecule has 0 saturated heterocycles. The standard InChI is InChI=1S/C12H20N2O3S/c1-8-10(9(2)17-13-8)7-14(3)12(16)11(15)5-6-18-4/h11,15H,5-7H2,1-4H3. The number of aryl methyl sites for hydroxylation is 2. The predicted molar refractivity (Wildman–Crippen MR) is 71.5 cm³/mol. The highest BCUT2D eigenvalue weighted by Crippen LogP contribution is 2.15. The van der Waals surface area contributed by atoms with E-state index in [-0.39, 0.29) is 5.91 Å². The lowest BCUT2D eigenvalue weighted by molar-refractivity contribution is -0.139.